The summed E-state index contributed by atoms with van der Waals surface area (Å²) in [6.07, 6.45) is 6.41. The molecule has 1 aromatic heterocycles. The number of hydrogen-bond donors (Lipinski definition) is 3. The summed E-state index contributed by atoms with van der Waals surface area (Å²) in [7, 11) is 0. The number of rotatable bonds is 4. The van der Waals surface area contributed by atoms with Crippen LogP contribution in [0.2, 0.25) is 0 Å². The van der Waals surface area contributed by atoms with Gasteiger partial charge in [-0.15, -0.1) is 0 Å². The molecule has 98 valence electrons. The lowest BCUT2D eigenvalue weighted by Gasteiger charge is -2.27. The lowest BCUT2D eigenvalue weighted by Crippen LogP contribution is -2.39. The number of nitrogens with zero attached hydrogens (tertiary/aromatic N) is 1. The highest BCUT2D eigenvalue weighted by Gasteiger charge is 2.35. The van der Waals surface area contributed by atoms with Crippen LogP contribution in [0.5, 0.6) is 0 Å². The molecule has 1 aliphatic carbocycles. The van der Waals surface area contributed by atoms with Crippen molar-refractivity contribution in [1.29, 1.82) is 0 Å². The number of carboxylic acids is 1. The average molecular weight is 251 g/mol. The van der Waals surface area contributed by atoms with Gasteiger partial charge >= 0.3 is 5.97 Å². The monoisotopic (exact) mass is 251 g/mol. The molecule has 1 aliphatic rings. The van der Waals surface area contributed by atoms with Gasteiger partial charge in [0.2, 0.25) is 5.91 Å². The highest BCUT2D eigenvalue weighted by atomic mass is 16.4. The maximum atomic E-state index is 12.0. The number of carbonyl (C=O) groups excluding carboxylic acids is 1. The Morgan fingerprint density at radius 1 is 1.39 bits per heavy atom. The molecular formula is C12H17N3O3. The fourth-order valence-corrected chi connectivity index (χ4v) is 2.43. The smallest absolute Gasteiger partial charge is 0.307 e. The molecule has 0 spiro atoms. The zero-order valence-electron chi connectivity index (χ0n) is 10.1. The zero-order chi connectivity index (χ0) is 13.0. The first-order chi connectivity index (χ1) is 8.68. The van der Waals surface area contributed by atoms with Gasteiger partial charge in [0.1, 0.15) is 0 Å². The Balaban J connectivity index is 1.92. The Morgan fingerprint density at radius 3 is 2.72 bits per heavy atom. The first kappa shape index (κ1) is 12.6. The van der Waals surface area contributed by atoms with Crippen molar-refractivity contribution >= 4 is 11.9 Å². The minimum absolute atomic E-state index is 0.164. The molecule has 18 heavy (non-hydrogen) atoms. The van der Waals surface area contributed by atoms with Crippen LogP contribution in [0.3, 0.4) is 0 Å². The van der Waals surface area contributed by atoms with Crippen LogP contribution in [-0.4, -0.2) is 27.2 Å². The average Bonchev–Trinajstić information content (AvgIpc) is 2.89. The molecule has 6 nitrogen and oxygen atoms in total. The van der Waals surface area contributed by atoms with Crippen LogP contribution in [-0.2, 0) is 16.1 Å². The normalized spacial score (nSPS) is 23.6. The van der Waals surface area contributed by atoms with E-state index in [4.69, 9.17) is 5.11 Å². The molecular weight excluding hydrogens is 234 g/mol. The third-order valence-electron chi connectivity index (χ3n) is 3.44. The summed E-state index contributed by atoms with van der Waals surface area (Å²) in [4.78, 5) is 23.1. The second-order valence-electron chi connectivity index (χ2n) is 4.66. The van der Waals surface area contributed by atoms with Gasteiger partial charge in [0.15, 0.2) is 0 Å². The molecule has 1 fully saturated rings. The lowest BCUT2D eigenvalue weighted by molar-refractivity contribution is -0.148. The van der Waals surface area contributed by atoms with Crippen LogP contribution in [0, 0.1) is 11.8 Å². The van der Waals surface area contributed by atoms with Gasteiger partial charge in [-0.25, -0.2) is 0 Å². The molecule has 0 saturated heterocycles. The fraction of sp³-hybridized carbons (Fsp3) is 0.583. The SMILES string of the molecule is O=C(O)[C@H]1CCCC[C@H]1C(=O)NCc1cn[nH]c1. The third-order valence-corrected chi connectivity index (χ3v) is 3.44. The van der Waals surface area contributed by atoms with Crippen molar-refractivity contribution in [1.82, 2.24) is 15.5 Å². The van der Waals surface area contributed by atoms with Gasteiger partial charge in [-0.2, -0.15) is 5.10 Å². The minimum Gasteiger partial charge on any atom is -0.481 e. The van der Waals surface area contributed by atoms with Crippen molar-refractivity contribution in [3.8, 4) is 0 Å². The maximum Gasteiger partial charge on any atom is 0.307 e. The molecule has 0 unspecified atom stereocenters. The summed E-state index contributed by atoms with van der Waals surface area (Å²) in [6, 6.07) is 0. The Bertz CT molecular complexity index is 416. The number of aromatic amines is 1. The van der Waals surface area contributed by atoms with Crippen LogP contribution >= 0.6 is 0 Å². The van der Waals surface area contributed by atoms with E-state index in [9.17, 15) is 9.59 Å². The van der Waals surface area contributed by atoms with Gasteiger partial charge in [0.25, 0.3) is 0 Å². The van der Waals surface area contributed by atoms with E-state index in [1.54, 1.807) is 12.4 Å². The maximum absolute atomic E-state index is 12.0. The summed E-state index contributed by atoms with van der Waals surface area (Å²) >= 11 is 0. The van der Waals surface area contributed by atoms with Crippen LogP contribution in [0.25, 0.3) is 0 Å². The summed E-state index contributed by atoms with van der Waals surface area (Å²) < 4.78 is 0. The molecule has 0 bridgehead atoms. The number of aromatic nitrogens is 2. The number of nitrogens with one attached hydrogen (secondary N) is 2. The number of carbonyl (C=O) groups is 2. The molecule has 3 N–H and O–H groups in total. The molecule has 0 radical (unpaired) electrons. The summed E-state index contributed by atoms with van der Waals surface area (Å²) in [5, 5.41) is 18.3. The number of amides is 1. The number of aliphatic carboxylic acids is 1. The summed E-state index contributed by atoms with van der Waals surface area (Å²) in [6.45, 7) is 0.387. The first-order valence-electron chi connectivity index (χ1n) is 6.16. The van der Waals surface area contributed by atoms with Crippen molar-refractivity contribution in [2.45, 2.75) is 32.2 Å². The van der Waals surface area contributed by atoms with Gasteiger partial charge in [-0.3, -0.25) is 14.7 Å². The van der Waals surface area contributed by atoms with E-state index >= 15 is 0 Å². The van der Waals surface area contributed by atoms with E-state index in [1.165, 1.54) is 0 Å². The van der Waals surface area contributed by atoms with E-state index in [0.29, 0.717) is 19.4 Å². The molecule has 1 heterocycles. The van der Waals surface area contributed by atoms with Crippen LogP contribution in [0.1, 0.15) is 31.2 Å². The fourth-order valence-electron chi connectivity index (χ4n) is 2.43. The van der Waals surface area contributed by atoms with Gasteiger partial charge < -0.3 is 10.4 Å². The Morgan fingerprint density at radius 2 is 2.11 bits per heavy atom. The second-order valence-corrected chi connectivity index (χ2v) is 4.66. The van der Waals surface area contributed by atoms with Crippen LogP contribution in [0.4, 0.5) is 0 Å². The van der Waals surface area contributed by atoms with E-state index in [-0.39, 0.29) is 5.91 Å². The van der Waals surface area contributed by atoms with E-state index < -0.39 is 17.8 Å². The van der Waals surface area contributed by atoms with Crippen molar-refractivity contribution in [2.75, 3.05) is 0 Å². The van der Waals surface area contributed by atoms with E-state index in [2.05, 4.69) is 15.5 Å². The summed E-state index contributed by atoms with van der Waals surface area (Å²) in [5.74, 6) is -1.97. The number of H-pyrrole nitrogens is 1. The number of carboxylic acid groups (broad SMARTS) is 1. The largest absolute Gasteiger partial charge is 0.481 e. The molecule has 1 aromatic rings. The van der Waals surface area contributed by atoms with Crippen LogP contribution in [0.15, 0.2) is 12.4 Å². The van der Waals surface area contributed by atoms with E-state index in [0.717, 1.165) is 18.4 Å². The molecule has 0 aromatic carbocycles. The zero-order valence-corrected chi connectivity index (χ0v) is 10.1. The first-order valence-corrected chi connectivity index (χ1v) is 6.16. The van der Waals surface area contributed by atoms with Gasteiger partial charge in [0.05, 0.1) is 18.0 Å². The molecule has 6 heteroatoms. The lowest BCUT2D eigenvalue weighted by atomic mass is 9.78. The molecule has 1 amide bonds. The Hall–Kier alpha value is -1.85. The molecule has 0 aliphatic heterocycles. The minimum atomic E-state index is -0.863. The quantitative estimate of drug-likeness (QED) is 0.741. The topological polar surface area (TPSA) is 95.1 Å². The van der Waals surface area contributed by atoms with Crippen molar-refractivity contribution in [3.05, 3.63) is 18.0 Å². The van der Waals surface area contributed by atoms with Crippen LogP contribution < -0.4 is 5.32 Å². The van der Waals surface area contributed by atoms with Gasteiger partial charge in [0, 0.05) is 18.3 Å². The highest BCUT2D eigenvalue weighted by molar-refractivity contribution is 5.84. The number of hydrogen-bond acceptors (Lipinski definition) is 3. The van der Waals surface area contributed by atoms with Crippen molar-refractivity contribution in [3.63, 3.8) is 0 Å². The molecule has 1 saturated carbocycles. The predicted octanol–water partition coefficient (Wildman–Crippen LogP) is 0.917. The Kier molecular flexibility index (Phi) is 3.96. The van der Waals surface area contributed by atoms with Gasteiger partial charge in [-0.05, 0) is 12.8 Å². The highest BCUT2D eigenvalue weighted by Crippen LogP contribution is 2.30. The van der Waals surface area contributed by atoms with Gasteiger partial charge in [-0.1, -0.05) is 12.8 Å². The second kappa shape index (κ2) is 5.66. The third kappa shape index (κ3) is 2.88. The molecule has 2 atom stereocenters. The van der Waals surface area contributed by atoms with Crippen molar-refractivity contribution in [2.24, 2.45) is 11.8 Å². The Labute approximate surface area is 105 Å². The summed E-state index contributed by atoms with van der Waals surface area (Å²) in [5.41, 5.74) is 0.881. The van der Waals surface area contributed by atoms with E-state index in [1.807, 2.05) is 0 Å². The van der Waals surface area contributed by atoms with Crippen molar-refractivity contribution < 1.29 is 14.7 Å². The molecule has 2 rings (SSSR count). The standard InChI is InChI=1S/C12H17N3O3/c16-11(13-5-8-6-14-15-7-8)9-3-1-2-4-10(9)12(17)18/h6-7,9-10H,1-5H2,(H,13,16)(H,14,15)(H,17,18)/t9-,10+/m1/s1. The predicted molar refractivity (Wildman–Crippen MR) is 63.5 cm³/mol.